The molecule has 1 nitrogen and oxygen atoms in total. The molecule has 66 valence electrons. The van der Waals surface area contributed by atoms with Crippen LogP contribution in [0, 0.1) is 0 Å². The van der Waals surface area contributed by atoms with E-state index in [0.717, 1.165) is 6.04 Å². The van der Waals surface area contributed by atoms with Crippen LogP contribution in [0.5, 0.6) is 0 Å². The van der Waals surface area contributed by atoms with Gasteiger partial charge in [0.1, 0.15) is 0 Å². The second kappa shape index (κ2) is 4.15. The number of quaternary nitrogens is 1. The molecule has 0 heterocycles. The summed E-state index contributed by atoms with van der Waals surface area (Å²) in [7, 11) is 6.95. The highest BCUT2D eigenvalue weighted by atomic mass is 15.3. The first-order chi connectivity index (χ1) is 4.61. The van der Waals surface area contributed by atoms with Gasteiger partial charge in [0, 0.05) is 0 Å². The Morgan fingerprint density at radius 1 is 0.909 bits per heavy atom. The fourth-order valence-electron chi connectivity index (χ4n) is 1.86. The monoisotopic (exact) mass is 156 g/mol. The first-order valence-electron chi connectivity index (χ1n) is 4.42. The van der Waals surface area contributed by atoms with Gasteiger partial charge in [0.15, 0.2) is 0 Å². The minimum absolute atomic E-state index is 0. The zero-order chi connectivity index (χ0) is 7.61. The van der Waals surface area contributed by atoms with Gasteiger partial charge in [-0.15, -0.1) is 0 Å². The molecule has 0 bridgehead atoms. The molecule has 0 aromatic rings. The molecule has 0 aromatic carbocycles. The zero-order valence-electron chi connectivity index (χ0n) is 7.56. The van der Waals surface area contributed by atoms with Crippen molar-refractivity contribution < 1.29 is 4.48 Å². The average Bonchev–Trinajstić information content (AvgIpc) is 1.88. The Morgan fingerprint density at radius 3 is 1.64 bits per heavy atom. The van der Waals surface area contributed by atoms with E-state index in [1.165, 1.54) is 36.6 Å². The highest BCUT2D eigenvalue weighted by Gasteiger charge is 2.24. The number of rotatable bonds is 1. The third-order valence-corrected chi connectivity index (χ3v) is 2.67. The van der Waals surface area contributed by atoms with E-state index in [2.05, 4.69) is 21.1 Å². The Balaban J connectivity index is 0.000001000. The fourth-order valence-corrected chi connectivity index (χ4v) is 1.86. The average molecular weight is 156 g/mol. The summed E-state index contributed by atoms with van der Waals surface area (Å²) < 4.78 is 1.17. The minimum Gasteiger partial charge on any atom is -0.328 e. The summed E-state index contributed by atoms with van der Waals surface area (Å²) in [6.45, 7) is 0. The van der Waals surface area contributed by atoms with E-state index in [4.69, 9.17) is 0 Å². The molecule has 0 amide bonds. The molecule has 11 heavy (non-hydrogen) atoms. The van der Waals surface area contributed by atoms with Gasteiger partial charge in [0.25, 0.3) is 0 Å². The van der Waals surface area contributed by atoms with Gasteiger partial charge in [-0.1, -0.05) is 6.42 Å². The van der Waals surface area contributed by atoms with Gasteiger partial charge in [-0.05, 0) is 25.7 Å². The Bertz CT molecular complexity index is 101. The topological polar surface area (TPSA) is 0 Å². The maximum absolute atomic E-state index is 2.32. The SMILES string of the molecule is B.C[N+](C)(C)C1CCCCC1. The van der Waals surface area contributed by atoms with Gasteiger partial charge in [-0.25, -0.2) is 0 Å². The largest absolute Gasteiger partial charge is 0.328 e. The molecule has 0 aliphatic heterocycles. The van der Waals surface area contributed by atoms with E-state index in [1.54, 1.807) is 0 Å². The van der Waals surface area contributed by atoms with Gasteiger partial charge >= 0.3 is 0 Å². The first kappa shape index (κ1) is 11.0. The molecule has 0 radical (unpaired) electrons. The lowest BCUT2D eigenvalue weighted by atomic mass is 9.94. The molecule has 0 N–H and O–H groups in total. The van der Waals surface area contributed by atoms with Crippen LogP contribution in [0.3, 0.4) is 0 Å². The fraction of sp³-hybridized carbons (Fsp3) is 1.00. The van der Waals surface area contributed by atoms with Crippen molar-refractivity contribution in [2.75, 3.05) is 21.1 Å². The molecule has 2 heteroatoms. The third-order valence-electron chi connectivity index (χ3n) is 2.67. The smallest absolute Gasteiger partial charge is 0.0884 e. The zero-order valence-corrected chi connectivity index (χ0v) is 7.56. The van der Waals surface area contributed by atoms with Crippen LogP contribution in [-0.4, -0.2) is 40.1 Å². The highest BCUT2D eigenvalue weighted by molar-refractivity contribution is 5.75. The van der Waals surface area contributed by atoms with Gasteiger partial charge in [-0.2, -0.15) is 0 Å². The van der Waals surface area contributed by atoms with Crippen LogP contribution in [0.1, 0.15) is 32.1 Å². The number of hydrogen-bond donors (Lipinski definition) is 0. The quantitative estimate of drug-likeness (QED) is 0.390. The summed E-state index contributed by atoms with van der Waals surface area (Å²) in [5, 5.41) is 0. The Morgan fingerprint density at radius 2 is 1.36 bits per heavy atom. The molecule has 1 aliphatic carbocycles. The number of nitrogens with zero attached hydrogens (tertiary/aromatic N) is 1. The molecule has 0 unspecified atom stereocenters. The predicted octanol–water partition coefficient (Wildman–Crippen LogP) is 0.841. The first-order valence-corrected chi connectivity index (χ1v) is 4.42. The summed E-state index contributed by atoms with van der Waals surface area (Å²) >= 11 is 0. The van der Waals surface area contributed by atoms with E-state index < -0.39 is 0 Å². The summed E-state index contributed by atoms with van der Waals surface area (Å²) in [4.78, 5) is 0. The van der Waals surface area contributed by atoms with E-state index in [-0.39, 0.29) is 8.41 Å². The van der Waals surface area contributed by atoms with Crippen LogP contribution in [0.25, 0.3) is 0 Å². The molecule has 0 atom stereocenters. The summed E-state index contributed by atoms with van der Waals surface area (Å²) in [5.41, 5.74) is 0. The van der Waals surface area contributed by atoms with Gasteiger partial charge < -0.3 is 4.48 Å². The Kier molecular flexibility index (Phi) is 4.16. The molecule has 1 fully saturated rings. The molecule has 0 spiro atoms. The van der Waals surface area contributed by atoms with Crippen LogP contribution in [0.15, 0.2) is 0 Å². The van der Waals surface area contributed by atoms with Crippen molar-refractivity contribution in [3.63, 3.8) is 0 Å². The molecular formula is C9H23BN+. The molecule has 1 saturated carbocycles. The van der Waals surface area contributed by atoms with Crippen LogP contribution < -0.4 is 0 Å². The molecular weight excluding hydrogens is 133 g/mol. The van der Waals surface area contributed by atoms with Crippen molar-refractivity contribution in [1.82, 2.24) is 0 Å². The van der Waals surface area contributed by atoms with Crippen molar-refractivity contribution in [1.29, 1.82) is 0 Å². The number of hydrogen-bond acceptors (Lipinski definition) is 0. The van der Waals surface area contributed by atoms with E-state index in [0.29, 0.717) is 0 Å². The molecule has 0 saturated heterocycles. The summed E-state index contributed by atoms with van der Waals surface area (Å²) in [6, 6.07) is 0.939. The minimum atomic E-state index is 0. The van der Waals surface area contributed by atoms with Crippen LogP contribution >= 0.6 is 0 Å². The Labute approximate surface area is 72.9 Å². The standard InChI is InChI=1S/C9H20N.BH3/c1-10(2,3)9-7-5-4-6-8-9;/h9H,4-8H2,1-3H3;1H3/q+1;. The lowest BCUT2D eigenvalue weighted by molar-refractivity contribution is -0.897. The third kappa shape index (κ3) is 3.28. The van der Waals surface area contributed by atoms with E-state index in [1.807, 2.05) is 0 Å². The maximum Gasteiger partial charge on any atom is 0.0884 e. The lowest BCUT2D eigenvalue weighted by Gasteiger charge is -2.36. The van der Waals surface area contributed by atoms with Gasteiger partial charge in [-0.3, -0.25) is 0 Å². The second-order valence-electron chi connectivity index (χ2n) is 4.41. The van der Waals surface area contributed by atoms with Crippen LogP contribution in [-0.2, 0) is 0 Å². The van der Waals surface area contributed by atoms with Gasteiger partial charge in [0.2, 0.25) is 0 Å². The Hall–Kier alpha value is 0.0249. The van der Waals surface area contributed by atoms with Crippen LogP contribution in [0.4, 0.5) is 0 Å². The van der Waals surface area contributed by atoms with Crippen molar-refractivity contribution >= 4 is 8.41 Å². The lowest BCUT2D eigenvalue weighted by Crippen LogP contribution is -2.45. The normalized spacial score (nSPS) is 21.0. The highest BCUT2D eigenvalue weighted by Crippen LogP contribution is 2.23. The molecule has 1 rings (SSSR count). The van der Waals surface area contributed by atoms with E-state index in [9.17, 15) is 0 Å². The van der Waals surface area contributed by atoms with Crippen molar-refractivity contribution in [2.45, 2.75) is 38.1 Å². The predicted molar refractivity (Wildman–Crippen MR) is 54.8 cm³/mol. The van der Waals surface area contributed by atoms with Crippen molar-refractivity contribution in [3.05, 3.63) is 0 Å². The summed E-state index contributed by atoms with van der Waals surface area (Å²) in [5.74, 6) is 0. The van der Waals surface area contributed by atoms with E-state index >= 15 is 0 Å². The van der Waals surface area contributed by atoms with Crippen molar-refractivity contribution in [3.8, 4) is 0 Å². The molecule has 0 aromatic heterocycles. The van der Waals surface area contributed by atoms with Crippen molar-refractivity contribution in [2.24, 2.45) is 0 Å². The second-order valence-corrected chi connectivity index (χ2v) is 4.41. The maximum atomic E-state index is 2.32. The summed E-state index contributed by atoms with van der Waals surface area (Å²) in [6.07, 6.45) is 7.28. The molecule has 1 aliphatic rings. The van der Waals surface area contributed by atoms with Gasteiger partial charge in [0.05, 0.1) is 35.6 Å². The van der Waals surface area contributed by atoms with Crippen LogP contribution in [0.2, 0.25) is 0 Å².